The topological polar surface area (TPSA) is 43.8 Å². The minimum absolute atomic E-state index is 0. The summed E-state index contributed by atoms with van der Waals surface area (Å²) >= 11 is 1.71. The molecule has 0 saturated carbocycles. The zero-order chi connectivity index (χ0) is 20.4. The number of hydrogen-bond donors (Lipinski definition) is 1. The van der Waals surface area contributed by atoms with E-state index in [1.54, 1.807) is 11.8 Å². The van der Waals surface area contributed by atoms with E-state index >= 15 is 0 Å². The summed E-state index contributed by atoms with van der Waals surface area (Å²) in [5.41, 5.74) is 1.69. The third-order valence-electron chi connectivity index (χ3n) is 5.14. The molecule has 0 aromatic heterocycles. The number of benzene rings is 1. The van der Waals surface area contributed by atoms with Crippen LogP contribution in [-0.4, -0.2) is 59.8 Å². The Hall–Kier alpha value is -0.910. The molecule has 1 aliphatic rings. The standard InChI is InChI=1S/C22H36N2O2S.ClH/c1-21(2,3)17-14-16(15-18(20(17)26)22(4,5)6)27-13-8-19(25)24-11-9-23(7)10-12-24;/h14-15,26H,8-13H2,1-7H3;1H. The highest BCUT2D eigenvalue weighted by molar-refractivity contribution is 7.99. The summed E-state index contributed by atoms with van der Waals surface area (Å²) in [6, 6.07) is 4.19. The smallest absolute Gasteiger partial charge is 0.223 e. The lowest BCUT2D eigenvalue weighted by atomic mass is 9.79. The van der Waals surface area contributed by atoms with Crippen LogP contribution in [0.15, 0.2) is 17.0 Å². The molecule has 1 heterocycles. The monoisotopic (exact) mass is 428 g/mol. The summed E-state index contributed by atoms with van der Waals surface area (Å²) in [7, 11) is 2.10. The average Bonchev–Trinajstić information content (AvgIpc) is 2.54. The van der Waals surface area contributed by atoms with Gasteiger partial charge in [-0.2, -0.15) is 0 Å². The number of likely N-dealkylation sites (N-methyl/N-ethyl adjacent to an activating group) is 1. The third kappa shape index (κ3) is 6.57. The van der Waals surface area contributed by atoms with E-state index in [-0.39, 0.29) is 29.1 Å². The van der Waals surface area contributed by atoms with Gasteiger partial charge in [0.1, 0.15) is 5.75 Å². The first-order valence-electron chi connectivity index (χ1n) is 9.86. The largest absolute Gasteiger partial charge is 0.507 e. The molecule has 1 aromatic rings. The maximum Gasteiger partial charge on any atom is 0.223 e. The van der Waals surface area contributed by atoms with Crippen LogP contribution in [0.4, 0.5) is 0 Å². The van der Waals surface area contributed by atoms with Crippen molar-refractivity contribution in [2.24, 2.45) is 0 Å². The van der Waals surface area contributed by atoms with Crippen LogP contribution in [0, 0.1) is 0 Å². The molecule has 0 spiro atoms. The highest BCUT2D eigenvalue weighted by atomic mass is 35.5. The van der Waals surface area contributed by atoms with Crippen LogP contribution >= 0.6 is 24.2 Å². The minimum Gasteiger partial charge on any atom is -0.507 e. The van der Waals surface area contributed by atoms with Crippen molar-refractivity contribution in [2.75, 3.05) is 39.0 Å². The van der Waals surface area contributed by atoms with Crippen molar-refractivity contribution in [1.82, 2.24) is 9.80 Å². The van der Waals surface area contributed by atoms with Gasteiger partial charge < -0.3 is 14.9 Å². The fourth-order valence-electron chi connectivity index (χ4n) is 3.30. The van der Waals surface area contributed by atoms with Crippen LogP contribution in [0.2, 0.25) is 0 Å². The molecule has 0 aliphatic carbocycles. The maximum absolute atomic E-state index is 12.5. The van der Waals surface area contributed by atoms with Gasteiger partial charge in [-0.3, -0.25) is 4.79 Å². The van der Waals surface area contributed by atoms with Gasteiger partial charge in [-0.05, 0) is 30.0 Å². The molecule has 6 heteroatoms. The molecule has 1 amide bonds. The van der Waals surface area contributed by atoms with Crippen molar-refractivity contribution < 1.29 is 9.90 Å². The van der Waals surface area contributed by atoms with Crippen molar-refractivity contribution in [3.8, 4) is 5.75 Å². The van der Waals surface area contributed by atoms with E-state index in [0.717, 1.165) is 48.0 Å². The second kappa shape index (κ2) is 9.73. The van der Waals surface area contributed by atoms with Gasteiger partial charge in [0.05, 0.1) is 0 Å². The summed E-state index contributed by atoms with van der Waals surface area (Å²) in [6.07, 6.45) is 0.560. The van der Waals surface area contributed by atoms with Crippen molar-refractivity contribution in [3.05, 3.63) is 23.3 Å². The van der Waals surface area contributed by atoms with Crippen LogP contribution in [0.3, 0.4) is 0 Å². The van der Waals surface area contributed by atoms with E-state index in [1.165, 1.54) is 0 Å². The maximum atomic E-state index is 12.5. The summed E-state index contributed by atoms with van der Waals surface area (Å²) in [5.74, 6) is 1.43. The molecule has 4 nitrogen and oxygen atoms in total. The SMILES string of the molecule is CN1CCN(C(=O)CCSc2cc(C(C)(C)C)c(O)c(C(C)(C)C)c2)CC1.Cl. The molecule has 0 atom stereocenters. The number of carbonyl (C=O) groups is 1. The fraction of sp³-hybridized carbons (Fsp3) is 0.682. The zero-order valence-electron chi connectivity index (χ0n) is 18.5. The molecule has 2 rings (SSSR count). The molecule has 0 unspecified atom stereocenters. The number of phenols is 1. The summed E-state index contributed by atoms with van der Waals surface area (Å²) in [4.78, 5) is 17.8. The lowest BCUT2D eigenvalue weighted by molar-refractivity contribution is -0.132. The van der Waals surface area contributed by atoms with Gasteiger partial charge in [-0.1, -0.05) is 41.5 Å². The van der Waals surface area contributed by atoms with Gasteiger partial charge in [-0.15, -0.1) is 24.2 Å². The van der Waals surface area contributed by atoms with E-state index in [0.29, 0.717) is 12.2 Å². The Morgan fingerprint density at radius 1 is 1.00 bits per heavy atom. The first-order chi connectivity index (χ1) is 12.4. The Labute approximate surface area is 181 Å². The Morgan fingerprint density at radius 2 is 1.46 bits per heavy atom. The molecular formula is C22H37ClN2O2S. The van der Waals surface area contributed by atoms with Gasteiger partial charge >= 0.3 is 0 Å². The number of aromatic hydroxyl groups is 1. The molecule has 1 aliphatic heterocycles. The van der Waals surface area contributed by atoms with Crippen molar-refractivity contribution in [3.63, 3.8) is 0 Å². The van der Waals surface area contributed by atoms with Crippen LogP contribution in [0.5, 0.6) is 5.75 Å². The molecule has 0 bridgehead atoms. The molecule has 1 N–H and O–H groups in total. The number of carbonyl (C=O) groups excluding carboxylic acids is 1. The quantitative estimate of drug-likeness (QED) is 0.708. The van der Waals surface area contributed by atoms with Gasteiger partial charge in [-0.25, -0.2) is 0 Å². The summed E-state index contributed by atoms with van der Waals surface area (Å²) < 4.78 is 0. The number of nitrogens with zero attached hydrogens (tertiary/aromatic N) is 2. The first kappa shape index (κ1) is 25.1. The van der Waals surface area contributed by atoms with Gasteiger partial charge in [0.15, 0.2) is 0 Å². The first-order valence-corrected chi connectivity index (χ1v) is 10.9. The third-order valence-corrected chi connectivity index (χ3v) is 6.12. The molecule has 1 aromatic carbocycles. The van der Waals surface area contributed by atoms with E-state index in [1.807, 2.05) is 4.90 Å². The van der Waals surface area contributed by atoms with Gasteiger partial charge in [0.2, 0.25) is 5.91 Å². The Balaban J connectivity index is 0.00000392. The van der Waals surface area contributed by atoms with E-state index in [4.69, 9.17) is 0 Å². The van der Waals surface area contributed by atoms with Crippen LogP contribution < -0.4 is 0 Å². The van der Waals surface area contributed by atoms with E-state index in [9.17, 15) is 9.90 Å². The number of hydrogen-bond acceptors (Lipinski definition) is 4. The van der Waals surface area contributed by atoms with Gasteiger partial charge in [0, 0.05) is 54.4 Å². The number of piperazine rings is 1. The summed E-state index contributed by atoms with van der Waals surface area (Å²) in [5, 5.41) is 10.8. The number of amides is 1. The molecule has 28 heavy (non-hydrogen) atoms. The lowest BCUT2D eigenvalue weighted by Gasteiger charge is -2.32. The second-order valence-electron chi connectivity index (χ2n) is 9.65. The van der Waals surface area contributed by atoms with Crippen molar-refractivity contribution >= 4 is 30.1 Å². The lowest BCUT2D eigenvalue weighted by Crippen LogP contribution is -2.47. The van der Waals surface area contributed by atoms with Crippen molar-refractivity contribution in [1.29, 1.82) is 0 Å². The second-order valence-corrected chi connectivity index (χ2v) is 10.8. The number of rotatable bonds is 4. The van der Waals surface area contributed by atoms with Crippen molar-refractivity contribution in [2.45, 2.75) is 63.7 Å². The predicted molar refractivity (Wildman–Crippen MR) is 122 cm³/mol. The molecular weight excluding hydrogens is 392 g/mol. The highest BCUT2D eigenvalue weighted by Crippen LogP contribution is 2.41. The van der Waals surface area contributed by atoms with Crippen LogP contribution in [0.1, 0.15) is 59.1 Å². The fourth-order valence-corrected chi connectivity index (χ4v) is 4.22. The minimum atomic E-state index is -0.129. The average molecular weight is 429 g/mol. The summed E-state index contributed by atoms with van der Waals surface area (Å²) in [6.45, 7) is 16.3. The Bertz CT molecular complexity index is 637. The molecule has 1 saturated heterocycles. The van der Waals surface area contributed by atoms with E-state index < -0.39 is 0 Å². The number of phenolic OH excluding ortho intramolecular Hbond substituents is 1. The van der Waals surface area contributed by atoms with Gasteiger partial charge in [0.25, 0.3) is 0 Å². The number of thioether (sulfide) groups is 1. The Morgan fingerprint density at radius 3 is 1.89 bits per heavy atom. The molecule has 1 fully saturated rings. The normalized spacial score (nSPS) is 16.0. The molecule has 0 radical (unpaired) electrons. The van der Waals surface area contributed by atoms with Crippen LogP contribution in [-0.2, 0) is 15.6 Å². The highest BCUT2D eigenvalue weighted by Gasteiger charge is 2.26. The molecule has 160 valence electrons. The zero-order valence-corrected chi connectivity index (χ0v) is 20.1. The predicted octanol–water partition coefficient (Wildman–Crippen LogP) is 4.67. The van der Waals surface area contributed by atoms with Crippen LogP contribution in [0.25, 0.3) is 0 Å². The van der Waals surface area contributed by atoms with E-state index in [2.05, 4.69) is 65.6 Å². The Kier molecular flexibility index (Phi) is 8.73. The number of halogens is 1.